The summed E-state index contributed by atoms with van der Waals surface area (Å²) in [5, 5.41) is 2.62. The second-order valence-electron chi connectivity index (χ2n) is 7.30. The Morgan fingerprint density at radius 1 is 0.853 bits per heavy atom. The third-order valence-corrected chi connectivity index (χ3v) is 7.70. The SMILES string of the molecule is CNS(=O)(=O)c1ccc(C)c(NC(=O)COc2ccc(S(=O)(=O)NCc3ccccc3)cc2)c1. The molecule has 9 nitrogen and oxygen atoms in total. The standard InChI is InChI=1S/C23H25N3O6S2/c1-17-8-11-21(33(28,29)24-2)14-22(17)26-23(27)16-32-19-9-12-20(13-10-19)34(30,31)25-15-18-6-4-3-5-7-18/h3-14,24-25H,15-16H2,1-2H3,(H,26,27). The highest BCUT2D eigenvalue weighted by molar-refractivity contribution is 7.89. The topological polar surface area (TPSA) is 131 Å². The summed E-state index contributed by atoms with van der Waals surface area (Å²) in [6, 6.07) is 19.2. The summed E-state index contributed by atoms with van der Waals surface area (Å²) in [7, 11) is -6.06. The van der Waals surface area contributed by atoms with Gasteiger partial charge in [-0.1, -0.05) is 36.4 Å². The number of amides is 1. The van der Waals surface area contributed by atoms with Crippen molar-refractivity contribution < 1.29 is 26.4 Å². The van der Waals surface area contributed by atoms with Gasteiger partial charge in [-0.05, 0) is 61.5 Å². The first kappa shape index (κ1) is 25.4. The minimum absolute atomic E-state index is 0.0227. The number of aryl methyl sites for hydroxylation is 1. The van der Waals surface area contributed by atoms with Crippen LogP contribution in [0.15, 0.2) is 82.6 Å². The first-order valence-corrected chi connectivity index (χ1v) is 13.2. The van der Waals surface area contributed by atoms with E-state index in [0.29, 0.717) is 17.0 Å². The first-order valence-electron chi connectivity index (χ1n) is 10.2. The molecule has 180 valence electrons. The quantitative estimate of drug-likeness (QED) is 0.389. The van der Waals surface area contributed by atoms with Gasteiger partial charge in [0.25, 0.3) is 5.91 Å². The van der Waals surface area contributed by atoms with Crippen LogP contribution < -0.4 is 19.5 Å². The monoisotopic (exact) mass is 503 g/mol. The zero-order valence-electron chi connectivity index (χ0n) is 18.6. The van der Waals surface area contributed by atoms with Crippen LogP contribution in [0.25, 0.3) is 0 Å². The molecule has 0 fully saturated rings. The van der Waals surface area contributed by atoms with Crippen molar-refractivity contribution in [3.8, 4) is 5.75 Å². The fourth-order valence-corrected chi connectivity index (χ4v) is 4.70. The Bertz CT molecular complexity index is 1360. The Morgan fingerprint density at radius 3 is 2.15 bits per heavy atom. The summed E-state index contributed by atoms with van der Waals surface area (Å²) in [6.45, 7) is 1.55. The molecule has 0 saturated heterocycles. The summed E-state index contributed by atoms with van der Waals surface area (Å²) in [5.41, 5.74) is 1.86. The van der Waals surface area contributed by atoms with Crippen LogP contribution in [0, 0.1) is 6.92 Å². The van der Waals surface area contributed by atoms with E-state index in [4.69, 9.17) is 4.74 Å². The van der Waals surface area contributed by atoms with Gasteiger partial charge in [0, 0.05) is 12.2 Å². The Hall–Kier alpha value is -3.25. The Kier molecular flexibility index (Phi) is 8.05. The number of sulfonamides is 2. The molecule has 0 unspecified atom stereocenters. The van der Waals surface area contributed by atoms with Gasteiger partial charge in [0.2, 0.25) is 20.0 Å². The third kappa shape index (κ3) is 6.64. The highest BCUT2D eigenvalue weighted by atomic mass is 32.2. The van der Waals surface area contributed by atoms with Gasteiger partial charge < -0.3 is 10.1 Å². The van der Waals surface area contributed by atoms with Crippen molar-refractivity contribution >= 4 is 31.6 Å². The van der Waals surface area contributed by atoms with E-state index in [1.807, 2.05) is 30.3 Å². The number of carbonyl (C=O) groups excluding carboxylic acids is 1. The van der Waals surface area contributed by atoms with Crippen molar-refractivity contribution in [2.75, 3.05) is 19.0 Å². The Balaban J connectivity index is 1.58. The fraction of sp³-hybridized carbons (Fsp3) is 0.174. The number of carbonyl (C=O) groups is 1. The lowest BCUT2D eigenvalue weighted by Gasteiger charge is -2.12. The largest absolute Gasteiger partial charge is 0.484 e. The molecule has 0 atom stereocenters. The van der Waals surface area contributed by atoms with E-state index in [-0.39, 0.29) is 22.9 Å². The highest BCUT2D eigenvalue weighted by Crippen LogP contribution is 2.21. The van der Waals surface area contributed by atoms with Gasteiger partial charge in [0.1, 0.15) is 5.75 Å². The number of nitrogens with one attached hydrogen (secondary N) is 3. The molecule has 0 heterocycles. The normalized spacial score (nSPS) is 11.7. The maximum absolute atomic E-state index is 12.5. The number of rotatable bonds is 10. The molecule has 1 amide bonds. The predicted octanol–water partition coefficient (Wildman–Crippen LogP) is 2.40. The number of hydrogen-bond donors (Lipinski definition) is 3. The molecule has 34 heavy (non-hydrogen) atoms. The molecule has 0 radical (unpaired) electrons. The first-order chi connectivity index (χ1) is 16.1. The maximum Gasteiger partial charge on any atom is 0.262 e. The summed E-state index contributed by atoms with van der Waals surface area (Å²) in [5.74, 6) is -0.191. The summed E-state index contributed by atoms with van der Waals surface area (Å²) in [6.07, 6.45) is 0. The van der Waals surface area contributed by atoms with Crippen LogP contribution >= 0.6 is 0 Å². The second kappa shape index (κ2) is 10.8. The van der Waals surface area contributed by atoms with Crippen molar-refractivity contribution in [1.29, 1.82) is 0 Å². The highest BCUT2D eigenvalue weighted by Gasteiger charge is 2.16. The molecule has 0 aromatic heterocycles. The smallest absolute Gasteiger partial charge is 0.262 e. The van der Waals surface area contributed by atoms with E-state index in [1.54, 1.807) is 13.0 Å². The summed E-state index contributed by atoms with van der Waals surface area (Å²) in [4.78, 5) is 12.4. The van der Waals surface area contributed by atoms with Gasteiger partial charge in [-0.3, -0.25) is 4.79 Å². The van der Waals surface area contributed by atoms with Crippen molar-refractivity contribution in [3.63, 3.8) is 0 Å². The summed E-state index contributed by atoms with van der Waals surface area (Å²) < 4.78 is 59.1. The van der Waals surface area contributed by atoms with E-state index in [1.165, 1.54) is 43.4 Å². The van der Waals surface area contributed by atoms with Gasteiger partial charge in [0.05, 0.1) is 9.79 Å². The Morgan fingerprint density at radius 2 is 1.50 bits per heavy atom. The number of hydrogen-bond acceptors (Lipinski definition) is 6. The molecule has 11 heteroatoms. The van der Waals surface area contributed by atoms with Crippen LogP contribution in [-0.4, -0.2) is 36.4 Å². The summed E-state index contributed by atoms with van der Waals surface area (Å²) >= 11 is 0. The van der Waals surface area contributed by atoms with E-state index >= 15 is 0 Å². The number of anilines is 1. The molecule has 0 aliphatic heterocycles. The van der Waals surface area contributed by atoms with Gasteiger partial charge in [-0.15, -0.1) is 0 Å². The van der Waals surface area contributed by atoms with Crippen LogP contribution in [0.5, 0.6) is 5.75 Å². The van der Waals surface area contributed by atoms with Crippen molar-refractivity contribution in [2.45, 2.75) is 23.3 Å². The third-order valence-electron chi connectivity index (χ3n) is 4.88. The van der Waals surface area contributed by atoms with Crippen LogP contribution in [0.1, 0.15) is 11.1 Å². The zero-order valence-corrected chi connectivity index (χ0v) is 20.2. The average Bonchev–Trinajstić information content (AvgIpc) is 2.83. The molecule has 3 N–H and O–H groups in total. The lowest BCUT2D eigenvalue weighted by atomic mass is 10.2. The molecular formula is C23H25N3O6S2. The Labute approximate surface area is 199 Å². The molecular weight excluding hydrogens is 478 g/mol. The van der Waals surface area contributed by atoms with Crippen molar-refractivity contribution in [2.24, 2.45) is 0 Å². The minimum Gasteiger partial charge on any atom is -0.484 e. The van der Waals surface area contributed by atoms with E-state index in [9.17, 15) is 21.6 Å². The van der Waals surface area contributed by atoms with Gasteiger partial charge in [0.15, 0.2) is 6.61 Å². The fourth-order valence-electron chi connectivity index (χ4n) is 2.93. The van der Waals surface area contributed by atoms with Gasteiger partial charge in [-0.2, -0.15) is 0 Å². The molecule has 3 aromatic carbocycles. The molecule has 0 aliphatic carbocycles. The lowest BCUT2D eigenvalue weighted by molar-refractivity contribution is -0.118. The van der Waals surface area contributed by atoms with Crippen LogP contribution in [0.2, 0.25) is 0 Å². The number of ether oxygens (including phenoxy) is 1. The maximum atomic E-state index is 12.5. The van der Waals surface area contributed by atoms with Crippen LogP contribution in [0.3, 0.4) is 0 Å². The van der Waals surface area contributed by atoms with E-state index in [2.05, 4.69) is 14.8 Å². The van der Waals surface area contributed by atoms with Crippen LogP contribution in [0.4, 0.5) is 5.69 Å². The van der Waals surface area contributed by atoms with E-state index in [0.717, 1.165) is 5.56 Å². The molecule has 0 aliphatic rings. The molecule has 3 aromatic rings. The van der Waals surface area contributed by atoms with Gasteiger partial charge in [-0.25, -0.2) is 26.3 Å². The number of benzene rings is 3. The lowest BCUT2D eigenvalue weighted by Crippen LogP contribution is -2.23. The van der Waals surface area contributed by atoms with Crippen LogP contribution in [-0.2, 0) is 31.4 Å². The van der Waals surface area contributed by atoms with Crippen molar-refractivity contribution in [3.05, 3.63) is 83.9 Å². The molecule has 0 spiro atoms. The predicted molar refractivity (Wildman–Crippen MR) is 128 cm³/mol. The molecule has 0 saturated carbocycles. The minimum atomic E-state index is -3.71. The molecule has 3 rings (SSSR count). The van der Waals surface area contributed by atoms with Gasteiger partial charge >= 0.3 is 0 Å². The molecule has 0 bridgehead atoms. The van der Waals surface area contributed by atoms with E-state index < -0.39 is 26.0 Å². The second-order valence-corrected chi connectivity index (χ2v) is 11.0. The zero-order chi connectivity index (χ0) is 24.8. The van der Waals surface area contributed by atoms with Crippen molar-refractivity contribution in [1.82, 2.24) is 9.44 Å². The average molecular weight is 504 g/mol.